The maximum atomic E-state index is 14.3. The number of para-hydroxylation sites is 1. The zero-order valence-corrected chi connectivity index (χ0v) is 18.6. The van der Waals surface area contributed by atoms with Gasteiger partial charge in [-0.05, 0) is 37.1 Å². The van der Waals surface area contributed by atoms with Gasteiger partial charge in [0.15, 0.2) is 0 Å². The van der Waals surface area contributed by atoms with Crippen molar-refractivity contribution in [1.29, 1.82) is 0 Å². The highest BCUT2D eigenvalue weighted by molar-refractivity contribution is 5.97. The fourth-order valence-electron chi connectivity index (χ4n) is 4.38. The van der Waals surface area contributed by atoms with Gasteiger partial charge in [-0.3, -0.25) is 9.69 Å². The van der Waals surface area contributed by atoms with E-state index in [2.05, 4.69) is 22.9 Å². The number of hydrogen-bond acceptors (Lipinski definition) is 5. The summed E-state index contributed by atoms with van der Waals surface area (Å²) in [4.78, 5) is 30.0. The van der Waals surface area contributed by atoms with Crippen molar-refractivity contribution >= 4 is 17.9 Å². The molecule has 0 spiro atoms. The second-order valence-electron chi connectivity index (χ2n) is 8.55. The highest BCUT2D eigenvalue weighted by Crippen LogP contribution is 2.33. The van der Waals surface area contributed by atoms with Gasteiger partial charge in [0.1, 0.15) is 24.5 Å². The number of carbonyl (C=O) groups excluding carboxylic acids is 2. The normalized spacial score (nSPS) is 16.8. The van der Waals surface area contributed by atoms with Crippen LogP contribution in [0, 0.1) is 5.82 Å². The van der Waals surface area contributed by atoms with E-state index in [9.17, 15) is 14.0 Å². The van der Waals surface area contributed by atoms with Crippen LogP contribution in [0.25, 0.3) is 0 Å². The second-order valence-corrected chi connectivity index (χ2v) is 8.55. The van der Waals surface area contributed by atoms with Gasteiger partial charge in [0.2, 0.25) is 5.91 Å². The van der Waals surface area contributed by atoms with Crippen molar-refractivity contribution in [2.75, 3.05) is 51.2 Å². The number of fused-ring (bicyclic) bond motifs is 1. The van der Waals surface area contributed by atoms with Crippen LogP contribution in [0.5, 0.6) is 5.75 Å². The molecule has 0 atom stereocenters. The average Bonchev–Trinajstić information content (AvgIpc) is 3.23. The van der Waals surface area contributed by atoms with Gasteiger partial charge in [-0.25, -0.2) is 4.39 Å². The van der Waals surface area contributed by atoms with Crippen LogP contribution in [0.15, 0.2) is 36.4 Å². The number of anilines is 1. The van der Waals surface area contributed by atoms with E-state index in [1.807, 2.05) is 17.0 Å². The first-order chi connectivity index (χ1) is 15.5. The summed E-state index contributed by atoms with van der Waals surface area (Å²) in [5.41, 5.74) is 3.52. The molecule has 2 heterocycles. The summed E-state index contributed by atoms with van der Waals surface area (Å²) < 4.78 is 20.2. The number of halogens is 1. The van der Waals surface area contributed by atoms with E-state index in [0.717, 1.165) is 55.7 Å². The molecule has 2 aromatic rings. The van der Waals surface area contributed by atoms with Crippen molar-refractivity contribution < 1.29 is 18.7 Å². The number of hydrogen-bond donors (Lipinski definition) is 0. The van der Waals surface area contributed by atoms with Crippen molar-refractivity contribution in [3.63, 3.8) is 0 Å². The largest absolute Gasteiger partial charge is 0.489 e. The van der Waals surface area contributed by atoms with Gasteiger partial charge in [0.25, 0.3) is 0 Å². The molecule has 6 nitrogen and oxygen atoms in total. The van der Waals surface area contributed by atoms with Crippen molar-refractivity contribution in [3.05, 3.63) is 58.9 Å². The van der Waals surface area contributed by atoms with Crippen LogP contribution in [-0.4, -0.2) is 68.3 Å². The van der Waals surface area contributed by atoms with E-state index >= 15 is 0 Å². The Morgan fingerprint density at radius 3 is 2.66 bits per heavy atom. The molecule has 2 aromatic carbocycles. The van der Waals surface area contributed by atoms with E-state index < -0.39 is 0 Å². The van der Waals surface area contributed by atoms with Crippen LogP contribution in [0.4, 0.5) is 10.1 Å². The quantitative estimate of drug-likeness (QED) is 0.592. The minimum absolute atomic E-state index is 0.117. The monoisotopic (exact) mass is 439 g/mol. The zero-order chi connectivity index (χ0) is 22.5. The fraction of sp³-hybridized carbons (Fsp3) is 0.440. The highest BCUT2D eigenvalue weighted by atomic mass is 19.1. The lowest BCUT2D eigenvalue weighted by Gasteiger charge is -2.33. The summed E-state index contributed by atoms with van der Waals surface area (Å²) >= 11 is 0. The van der Waals surface area contributed by atoms with E-state index in [1.165, 1.54) is 6.07 Å². The first-order valence-corrected chi connectivity index (χ1v) is 11.2. The van der Waals surface area contributed by atoms with Gasteiger partial charge < -0.3 is 19.3 Å². The van der Waals surface area contributed by atoms with Crippen LogP contribution in [0.3, 0.4) is 0 Å². The van der Waals surface area contributed by atoms with Crippen molar-refractivity contribution in [2.24, 2.45) is 0 Å². The van der Waals surface area contributed by atoms with Crippen molar-refractivity contribution in [3.8, 4) is 5.75 Å². The number of aryl methyl sites for hydroxylation is 1. The van der Waals surface area contributed by atoms with Gasteiger partial charge in [0.05, 0.1) is 12.2 Å². The Morgan fingerprint density at radius 2 is 1.91 bits per heavy atom. The third-order valence-electron chi connectivity index (χ3n) is 6.28. The summed E-state index contributed by atoms with van der Waals surface area (Å²) in [6.07, 6.45) is 2.30. The molecule has 0 N–H and O–H groups in total. The van der Waals surface area contributed by atoms with E-state index in [1.54, 1.807) is 12.1 Å². The first kappa shape index (κ1) is 22.4. The number of aldehydes is 1. The van der Waals surface area contributed by atoms with Crippen molar-refractivity contribution in [2.45, 2.75) is 25.9 Å². The predicted molar refractivity (Wildman–Crippen MR) is 122 cm³/mol. The Morgan fingerprint density at radius 1 is 1.09 bits per heavy atom. The van der Waals surface area contributed by atoms with Gasteiger partial charge in [-0.15, -0.1) is 0 Å². The Hall–Kier alpha value is -2.77. The number of rotatable bonds is 8. The fourth-order valence-corrected chi connectivity index (χ4v) is 4.38. The van der Waals surface area contributed by atoms with Crippen LogP contribution >= 0.6 is 0 Å². The summed E-state index contributed by atoms with van der Waals surface area (Å²) in [5.74, 6) is 0.182. The van der Waals surface area contributed by atoms with Gasteiger partial charge in [-0.2, -0.15) is 0 Å². The predicted octanol–water partition coefficient (Wildman–Crippen LogP) is 2.67. The van der Waals surface area contributed by atoms with Crippen LogP contribution in [0.1, 0.15) is 23.1 Å². The van der Waals surface area contributed by atoms with Gasteiger partial charge in [0, 0.05) is 50.8 Å². The maximum Gasteiger partial charge on any atom is 0.241 e. The Labute approximate surface area is 188 Å². The number of nitrogens with zero attached hydrogens (tertiary/aromatic N) is 3. The van der Waals surface area contributed by atoms with Crippen molar-refractivity contribution in [1.82, 2.24) is 9.80 Å². The number of likely N-dealkylation sites (N-methyl/N-ethyl adjacent to an activating group) is 1. The lowest BCUT2D eigenvalue weighted by Crippen LogP contribution is -2.48. The standard InChI is InChI=1S/C25H30FN3O3/c1-27-11-13-28(14-12-27)17-24(31)29-10-9-20-4-2-5-21(25(20)29)18-32-22-8-7-19(6-3-15-30)23(26)16-22/h2,4-5,7-8,15-16H,3,6,9-14,17-18H2,1H3. The van der Waals surface area contributed by atoms with E-state index in [0.29, 0.717) is 37.2 Å². The topological polar surface area (TPSA) is 53.1 Å². The van der Waals surface area contributed by atoms with Crippen LogP contribution in [0.2, 0.25) is 0 Å². The second kappa shape index (κ2) is 10.2. The zero-order valence-electron chi connectivity index (χ0n) is 18.6. The van der Waals surface area contributed by atoms with Gasteiger partial charge in [-0.1, -0.05) is 24.3 Å². The third kappa shape index (κ3) is 5.16. The lowest BCUT2D eigenvalue weighted by atomic mass is 10.1. The molecular weight excluding hydrogens is 409 g/mol. The van der Waals surface area contributed by atoms with E-state index in [-0.39, 0.29) is 18.3 Å². The molecule has 7 heteroatoms. The lowest BCUT2D eigenvalue weighted by molar-refractivity contribution is -0.120. The summed E-state index contributed by atoms with van der Waals surface area (Å²) in [6.45, 7) is 5.13. The summed E-state index contributed by atoms with van der Waals surface area (Å²) in [6, 6.07) is 10.8. The molecule has 0 unspecified atom stereocenters. The molecule has 0 aromatic heterocycles. The number of benzene rings is 2. The molecule has 0 bridgehead atoms. The molecule has 0 radical (unpaired) electrons. The molecule has 170 valence electrons. The van der Waals surface area contributed by atoms with E-state index in [4.69, 9.17) is 4.74 Å². The molecular formula is C25H30FN3O3. The molecule has 2 aliphatic heterocycles. The maximum absolute atomic E-state index is 14.3. The molecule has 1 saturated heterocycles. The molecule has 0 saturated carbocycles. The minimum atomic E-state index is -0.369. The molecule has 4 rings (SSSR count). The Balaban J connectivity index is 1.43. The molecule has 32 heavy (non-hydrogen) atoms. The molecule has 1 fully saturated rings. The third-order valence-corrected chi connectivity index (χ3v) is 6.28. The Bertz CT molecular complexity index is 973. The van der Waals surface area contributed by atoms with Crippen LogP contribution in [-0.2, 0) is 29.0 Å². The smallest absolute Gasteiger partial charge is 0.241 e. The Kier molecular flexibility index (Phi) is 7.17. The first-order valence-electron chi connectivity index (χ1n) is 11.2. The summed E-state index contributed by atoms with van der Waals surface area (Å²) in [5, 5.41) is 0. The number of carbonyl (C=O) groups is 2. The summed E-state index contributed by atoms with van der Waals surface area (Å²) in [7, 11) is 2.10. The highest BCUT2D eigenvalue weighted by Gasteiger charge is 2.29. The minimum Gasteiger partial charge on any atom is -0.489 e. The number of ether oxygens (including phenoxy) is 1. The molecule has 1 amide bonds. The van der Waals surface area contributed by atoms with Gasteiger partial charge >= 0.3 is 0 Å². The molecule has 0 aliphatic carbocycles. The molecule has 2 aliphatic rings. The number of amides is 1. The van der Waals surface area contributed by atoms with Crippen LogP contribution < -0.4 is 9.64 Å². The SMILES string of the molecule is CN1CCN(CC(=O)N2CCc3cccc(COc4ccc(CCC=O)c(F)c4)c32)CC1. The number of piperazine rings is 1. The average molecular weight is 440 g/mol.